The first-order valence-corrected chi connectivity index (χ1v) is 6.77. The monoisotopic (exact) mass is 396 g/mol. The summed E-state index contributed by atoms with van der Waals surface area (Å²) in [5.74, 6) is -0.615. The molecule has 0 bridgehead atoms. The summed E-state index contributed by atoms with van der Waals surface area (Å²) in [5.41, 5.74) is 7.82. The van der Waals surface area contributed by atoms with Crippen molar-refractivity contribution in [1.82, 2.24) is 0 Å². The van der Waals surface area contributed by atoms with E-state index in [1.54, 1.807) is 6.07 Å². The lowest BCUT2D eigenvalue weighted by Crippen LogP contribution is -1.95. The van der Waals surface area contributed by atoms with Crippen LogP contribution in [0.3, 0.4) is 0 Å². The molecule has 0 heterocycles. The number of nitrogens with one attached hydrogen (secondary N) is 1. The lowest BCUT2D eigenvalue weighted by atomic mass is 10.2. The molecular weight excluding hydrogens is 389 g/mol. The van der Waals surface area contributed by atoms with E-state index in [0.29, 0.717) is 11.4 Å². The fourth-order valence-corrected chi connectivity index (χ4v) is 2.58. The first-order valence-electron chi connectivity index (χ1n) is 4.94. The van der Waals surface area contributed by atoms with Crippen LogP contribution in [-0.4, -0.2) is 0 Å². The molecule has 2 rings (SSSR count). The van der Waals surface area contributed by atoms with Gasteiger partial charge in [0.05, 0.1) is 15.7 Å². The molecule has 2 nitrogen and oxygen atoms in total. The van der Waals surface area contributed by atoms with Gasteiger partial charge < -0.3 is 11.1 Å². The molecule has 94 valence electrons. The van der Waals surface area contributed by atoms with E-state index in [4.69, 9.17) is 28.9 Å². The van der Waals surface area contributed by atoms with Crippen LogP contribution in [0, 0.1) is 9.39 Å². The van der Waals surface area contributed by atoms with Crippen molar-refractivity contribution in [3.8, 4) is 0 Å². The molecule has 0 unspecified atom stereocenters. The van der Waals surface area contributed by atoms with Crippen molar-refractivity contribution in [2.75, 3.05) is 11.1 Å². The Hall–Kier alpha value is -0.720. The van der Waals surface area contributed by atoms with Crippen LogP contribution < -0.4 is 11.1 Å². The van der Waals surface area contributed by atoms with Crippen molar-refractivity contribution in [3.05, 3.63) is 49.8 Å². The summed E-state index contributed by atoms with van der Waals surface area (Å²) < 4.78 is 14.2. The van der Waals surface area contributed by atoms with Crippen LogP contribution in [0.25, 0.3) is 0 Å². The number of nitrogens with two attached hydrogens (primary N) is 1. The van der Waals surface area contributed by atoms with Gasteiger partial charge in [0, 0.05) is 14.9 Å². The van der Waals surface area contributed by atoms with E-state index in [9.17, 15) is 4.39 Å². The van der Waals surface area contributed by atoms with E-state index in [1.165, 1.54) is 12.1 Å². The van der Waals surface area contributed by atoms with E-state index in [-0.39, 0.29) is 10.0 Å². The Bertz CT molecular complexity index is 582. The van der Waals surface area contributed by atoms with Crippen molar-refractivity contribution in [3.63, 3.8) is 0 Å². The molecule has 2 aromatic carbocycles. The number of nitrogen functional groups attached to an aromatic ring is 1. The van der Waals surface area contributed by atoms with Gasteiger partial charge >= 0.3 is 0 Å². The van der Waals surface area contributed by atoms with Crippen LogP contribution in [0.5, 0.6) is 0 Å². The fourth-order valence-electron chi connectivity index (χ4n) is 1.42. The smallest absolute Gasteiger partial charge is 0.160 e. The number of benzene rings is 2. The van der Waals surface area contributed by atoms with Gasteiger partial charge in [0.15, 0.2) is 5.82 Å². The first-order chi connectivity index (χ1) is 8.47. The minimum Gasteiger partial charge on any atom is -0.399 e. The summed E-state index contributed by atoms with van der Waals surface area (Å²) in [6.45, 7) is 0. The summed E-state index contributed by atoms with van der Waals surface area (Å²) in [6.07, 6.45) is 0. The van der Waals surface area contributed by atoms with Crippen LogP contribution in [0.1, 0.15) is 0 Å². The largest absolute Gasteiger partial charge is 0.399 e. The average Bonchev–Trinajstić information content (AvgIpc) is 2.29. The molecule has 2 aromatic rings. The summed E-state index contributed by atoms with van der Waals surface area (Å²) in [7, 11) is 0. The molecule has 0 radical (unpaired) electrons. The highest BCUT2D eigenvalue weighted by Gasteiger charge is 2.08. The zero-order valence-electron chi connectivity index (χ0n) is 8.98. The van der Waals surface area contributed by atoms with E-state index in [1.807, 2.05) is 12.1 Å². The molecule has 18 heavy (non-hydrogen) atoms. The van der Waals surface area contributed by atoms with Crippen molar-refractivity contribution in [1.29, 1.82) is 0 Å². The number of hydrogen-bond acceptors (Lipinski definition) is 2. The van der Waals surface area contributed by atoms with Gasteiger partial charge in [-0.15, -0.1) is 0 Å². The number of hydrogen-bond donors (Lipinski definition) is 2. The second-order valence-corrected chi connectivity index (χ2v) is 5.59. The lowest BCUT2D eigenvalue weighted by molar-refractivity contribution is 0.629. The van der Waals surface area contributed by atoms with Crippen LogP contribution >= 0.6 is 45.8 Å². The minimum atomic E-state index is -0.615. The summed E-state index contributed by atoms with van der Waals surface area (Å²) in [4.78, 5) is 0. The maximum absolute atomic E-state index is 13.3. The molecule has 0 spiro atoms. The molecule has 0 atom stereocenters. The van der Waals surface area contributed by atoms with Crippen LogP contribution in [0.4, 0.5) is 21.5 Å². The zero-order chi connectivity index (χ0) is 13.3. The van der Waals surface area contributed by atoms with Crippen molar-refractivity contribution < 1.29 is 4.39 Å². The maximum atomic E-state index is 13.3. The highest BCUT2D eigenvalue weighted by Crippen LogP contribution is 2.30. The van der Waals surface area contributed by atoms with E-state index < -0.39 is 5.82 Å². The van der Waals surface area contributed by atoms with Gasteiger partial charge in [0.2, 0.25) is 0 Å². The van der Waals surface area contributed by atoms with Crippen molar-refractivity contribution in [2.24, 2.45) is 0 Å². The normalized spacial score (nSPS) is 10.4. The Balaban J connectivity index is 2.34. The maximum Gasteiger partial charge on any atom is 0.160 e. The first kappa shape index (κ1) is 13.7. The Morgan fingerprint density at radius 2 is 1.72 bits per heavy atom. The molecule has 0 saturated heterocycles. The van der Waals surface area contributed by atoms with Gasteiger partial charge in [-0.05, 0) is 52.9 Å². The molecule has 6 heteroatoms. The molecule has 3 N–H and O–H groups in total. The third-order valence-corrected chi connectivity index (χ3v) is 3.70. The van der Waals surface area contributed by atoms with Crippen LogP contribution in [-0.2, 0) is 0 Å². The second-order valence-electron chi connectivity index (χ2n) is 3.62. The Morgan fingerprint density at radius 3 is 2.28 bits per heavy atom. The Morgan fingerprint density at radius 1 is 1.11 bits per heavy atom. The van der Waals surface area contributed by atoms with Gasteiger partial charge in [-0.1, -0.05) is 23.2 Å². The molecular formula is C12H8Cl2FIN2. The molecule has 0 amide bonds. The summed E-state index contributed by atoms with van der Waals surface area (Å²) >= 11 is 13.6. The third-order valence-electron chi connectivity index (χ3n) is 2.26. The standard InChI is InChI=1S/C12H8Cl2FIN2/c13-8-4-7(5-9(14)12(8)15)18-11-2-1-6(17)3-10(11)16/h1-5,18H,17H2. The average molecular weight is 397 g/mol. The molecule has 0 fully saturated rings. The van der Waals surface area contributed by atoms with Gasteiger partial charge in [-0.2, -0.15) is 0 Å². The van der Waals surface area contributed by atoms with Gasteiger partial charge in [0.1, 0.15) is 0 Å². The number of halogens is 4. The minimum absolute atomic E-state index is 0.0181. The molecule has 0 aliphatic carbocycles. The van der Waals surface area contributed by atoms with Crippen LogP contribution in [0.2, 0.25) is 10.0 Å². The molecule has 0 saturated carbocycles. The molecule has 0 aliphatic heterocycles. The van der Waals surface area contributed by atoms with Gasteiger partial charge in [0.25, 0.3) is 0 Å². The fraction of sp³-hybridized carbons (Fsp3) is 0. The lowest BCUT2D eigenvalue weighted by Gasteiger charge is -2.10. The SMILES string of the molecule is Nc1ccc(Nc2cc(Cl)c(F)c(Cl)c2)c(I)c1. The number of anilines is 3. The van der Waals surface area contributed by atoms with Crippen molar-refractivity contribution >= 4 is 62.9 Å². The Kier molecular flexibility index (Phi) is 4.19. The van der Waals surface area contributed by atoms with Gasteiger partial charge in [-0.25, -0.2) is 4.39 Å². The van der Waals surface area contributed by atoms with Gasteiger partial charge in [-0.3, -0.25) is 0 Å². The predicted octanol–water partition coefficient (Wildman–Crippen LogP) is 5.06. The van der Waals surface area contributed by atoms with E-state index in [0.717, 1.165) is 9.26 Å². The Labute approximate surface area is 127 Å². The van der Waals surface area contributed by atoms with E-state index in [2.05, 4.69) is 27.9 Å². The molecule has 0 aliphatic rings. The third kappa shape index (κ3) is 2.99. The molecule has 0 aromatic heterocycles. The highest BCUT2D eigenvalue weighted by molar-refractivity contribution is 14.1. The zero-order valence-corrected chi connectivity index (χ0v) is 12.6. The number of rotatable bonds is 2. The topological polar surface area (TPSA) is 38.0 Å². The highest BCUT2D eigenvalue weighted by atomic mass is 127. The summed E-state index contributed by atoms with van der Waals surface area (Å²) in [5, 5.41) is 3.07. The second kappa shape index (κ2) is 5.50. The van der Waals surface area contributed by atoms with Crippen molar-refractivity contribution in [2.45, 2.75) is 0 Å². The predicted molar refractivity (Wildman–Crippen MR) is 83.3 cm³/mol. The van der Waals surface area contributed by atoms with E-state index >= 15 is 0 Å². The van der Waals surface area contributed by atoms with Crippen LogP contribution in [0.15, 0.2) is 30.3 Å². The summed E-state index contributed by atoms with van der Waals surface area (Å²) in [6, 6.07) is 8.40. The quantitative estimate of drug-likeness (QED) is 0.423.